The summed E-state index contributed by atoms with van der Waals surface area (Å²) in [5, 5.41) is 9.32. The Labute approximate surface area is 166 Å². The first-order chi connectivity index (χ1) is 13.1. The van der Waals surface area contributed by atoms with E-state index in [1.165, 1.54) is 18.4 Å². The summed E-state index contributed by atoms with van der Waals surface area (Å²) in [7, 11) is 0. The number of carboxylic acids is 1. The molecule has 6 N–H and O–H groups in total. The van der Waals surface area contributed by atoms with Crippen LogP contribution in [0.4, 0.5) is 5.82 Å². The van der Waals surface area contributed by atoms with Crippen molar-refractivity contribution < 1.29 is 9.90 Å². The topological polar surface area (TPSA) is 117 Å². The minimum atomic E-state index is -1.06. The number of nitrogen functional groups attached to an aromatic ring is 1. The van der Waals surface area contributed by atoms with Gasteiger partial charge in [-0.2, -0.15) is 0 Å². The molecular weight excluding hydrogens is 352 g/mol. The van der Waals surface area contributed by atoms with Crippen LogP contribution < -0.4 is 11.5 Å². The number of carboxylic acid groups (broad SMARTS) is 1. The molecule has 28 heavy (non-hydrogen) atoms. The maximum absolute atomic E-state index is 11.4. The van der Waals surface area contributed by atoms with Gasteiger partial charge in [-0.3, -0.25) is 0 Å². The standard InChI is InChI=1S/C22H32N4O2/c1-10-6-11(2)15(12(3)7-10)8-16-13(4)17(25-20(16)23)9-18-14(5)19(22(27)28)21(24)26-18/h9-12,15,25H,6-8,23H2,1-5H3,(H2,24,26)(H,27,28)/b18-9-. The van der Waals surface area contributed by atoms with Gasteiger partial charge >= 0.3 is 5.97 Å². The van der Waals surface area contributed by atoms with Crippen molar-refractivity contribution in [1.82, 2.24) is 4.98 Å². The first-order valence-corrected chi connectivity index (χ1v) is 10.1. The fourth-order valence-corrected chi connectivity index (χ4v) is 5.14. The number of hydrogen-bond donors (Lipinski definition) is 4. The summed E-state index contributed by atoms with van der Waals surface area (Å²) < 4.78 is 0. The van der Waals surface area contributed by atoms with Crippen LogP contribution in [0.15, 0.2) is 21.8 Å². The molecule has 0 spiro atoms. The highest BCUT2D eigenvalue weighted by atomic mass is 16.4. The number of carbonyl (C=O) groups is 1. The largest absolute Gasteiger partial charge is 0.478 e. The van der Waals surface area contributed by atoms with Crippen molar-refractivity contribution in [1.29, 1.82) is 0 Å². The zero-order chi connectivity index (χ0) is 20.7. The fourth-order valence-electron chi connectivity index (χ4n) is 5.14. The molecule has 0 aromatic carbocycles. The Morgan fingerprint density at radius 3 is 2.36 bits per heavy atom. The third-order valence-electron chi connectivity index (χ3n) is 6.65. The molecule has 1 fully saturated rings. The molecular formula is C22H32N4O2. The number of rotatable bonds is 4. The average molecular weight is 385 g/mol. The van der Waals surface area contributed by atoms with Crippen LogP contribution in [0.25, 0.3) is 6.08 Å². The highest BCUT2D eigenvalue weighted by Gasteiger charge is 2.32. The summed E-state index contributed by atoms with van der Waals surface area (Å²) in [6.07, 6.45) is 5.35. The first-order valence-electron chi connectivity index (χ1n) is 10.1. The quantitative estimate of drug-likeness (QED) is 0.630. The molecule has 6 heteroatoms. The monoisotopic (exact) mass is 384 g/mol. The molecule has 2 atom stereocenters. The Kier molecular flexibility index (Phi) is 5.41. The van der Waals surface area contributed by atoms with Crippen molar-refractivity contribution >= 4 is 23.7 Å². The molecule has 0 radical (unpaired) electrons. The van der Waals surface area contributed by atoms with Crippen LogP contribution in [0.3, 0.4) is 0 Å². The van der Waals surface area contributed by atoms with E-state index in [4.69, 9.17) is 11.5 Å². The molecule has 3 rings (SSSR count). The Balaban J connectivity index is 1.90. The zero-order valence-electron chi connectivity index (χ0n) is 17.5. The maximum atomic E-state index is 11.4. The van der Waals surface area contributed by atoms with Crippen LogP contribution in [0.1, 0.15) is 57.4 Å². The van der Waals surface area contributed by atoms with E-state index in [2.05, 4.69) is 37.7 Å². The van der Waals surface area contributed by atoms with Crippen molar-refractivity contribution in [2.45, 2.75) is 53.9 Å². The van der Waals surface area contributed by atoms with E-state index in [0.717, 1.165) is 23.6 Å². The number of H-pyrrole nitrogens is 1. The fraction of sp³-hybridized carbons (Fsp3) is 0.545. The number of nitrogens with one attached hydrogen (secondary N) is 1. The van der Waals surface area contributed by atoms with Crippen molar-refractivity contribution in [3.8, 4) is 0 Å². The van der Waals surface area contributed by atoms with Crippen LogP contribution >= 0.6 is 0 Å². The van der Waals surface area contributed by atoms with Gasteiger partial charge in [0.15, 0.2) is 0 Å². The van der Waals surface area contributed by atoms with E-state index < -0.39 is 5.97 Å². The lowest BCUT2D eigenvalue weighted by Gasteiger charge is -2.38. The van der Waals surface area contributed by atoms with Gasteiger partial charge in [0.05, 0.1) is 5.70 Å². The zero-order valence-corrected chi connectivity index (χ0v) is 17.5. The van der Waals surface area contributed by atoms with Gasteiger partial charge in [0.1, 0.15) is 17.2 Å². The highest BCUT2D eigenvalue weighted by Crippen LogP contribution is 2.41. The minimum Gasteiger partial charge on any atom is -0.478 e. The van der Waals surface area contributed by atoms with Crippen molar-refractivity contribution in [2.75, 3.05) is 5.73 Å². The van der Waals surface area contributed by atoms with Crippen LogP contribution in [0.2, 0.25) is 0 Å². The van der Waals surface area contributed by atoms with Gasteiger partial charge in [-0.05, 0) is 79.6 Å². The van der Waals surface area contributed by atoms with Gasteiger partial charge in [0.25, 0.3) is 0 Å². The lowest BCUT2D eigenvalue weighted by atomic mass is 9.67. The molecule has 1 aromatic heterocycles. The van der Waals surface area contributed by atoms with E-state index in [0.29, 0.717) is 34.8 Å². The number of aliphatic imine (C=N–C) groups is 1. The summed E-state index contributed by atoms with van der Waals surface area (Å²) in [5.74, 6) is 2.45. The van der Waals surface area contributed by atoms with Gasteiger partial charge in [-0.1, -0.05) is 20.8 Å². The van der Waals surface area contributed by atoms with E-state index in [1.807, 2.05) is 6.08 Å². The molecule has 0 amide bonds. The SMILES string of the molecule is CC1=C(C(=O)O)C(N)=N/C1=C\c1[nH]c(N)c(CC2C(C)CC(C)CC2C)c1C. The molecule has 152 valence electrons. The second-order valence-electron chi connectivity index (χ2n) is 8.79. The van der Waals surface area contributed by atoms with Crippen LogP contribution in [-0.4, -0.2) is 21.9 Å². The number of anilines is 1. The maximum Gasteiger partial charge on any atom is 0.339 e. The molecule has 0 bridgehead atoms. The Morgan fingerprint density at radius 2 is 1.82 bits per heavy atom. The molecule has 1 aliphatic heterocycles. The van der Waals surface area contributed by atoms with Crippen molar-refractivity contribution in [3.63, 3.8) is 0 Å². The molecule has 1 saturated carbocycles. The molecule has 2 aliphatic rings. The number of nitrogens with zero attached hydrogens (tertiary/aromatic N) is 1. The van der Waals surface area contributed by atoms with E-state index in [1.54, 1.807) is 6.92 Å². The van der Waals surface area contributed by atoms with E-state index in [9.17, 15) is 9.90 Å². The predicted octanol–water partition coefficient (Wildman–Crippen LogP) is 3.88. The molecule has 2 heterocycles. The Morgan fingerprint density at radius 1 is 1.21 bits per heavy atom. The Hall–Kier alpha value is -2.50. The molecule has 2 unspecified atom stereocenters. The predicted molar refractivity (Wildman–Crippen MR) is 114 cm³/mol. The van der Waals surface area contributed by atoms with Gasteiger partial charge in [-0.25, -0.2) is 9.79 Å². The number of aromatic nitrogens is 1. The molecule has 0 saturated heterocycles. The van der Waals surface area contributed by atoms with Crippen LogP contribution in [0.5, 0.6) is 0 Å². The highest BCUT2D eigenvalue weighted by molar-refractivity contribution is 6.21. The number of nitrogens with two attached hydrogens (primary N) is 2. The summed E-state index contributed by atoms with van der Waals surface area (Å²) in [4.78, 5) is 18.9. The molecule has 1 aliphatic carbocycles. The lowest BCUT2D eigenvalue weighted by Crippen LogP contribution is -2.30. The number of aromatic amines is 1. The van der Waals surface area contributed by atoms with Crippen molar-refractivity contribution in [2.24, 2.45) is 34.4 Å². The second-order valence-corrected chi connectivity index (χ2v) is 8.79. The van der Waals surface area contributed by atoms with Gasteiger partial charge in [-0.15, -0.1) is 0 Å². The van der Waals surface area contributed by atoms with Crippen LogP contribution in [-0.2, 0) is 11.2 Å². The smallest absolute Gasteiger partial charge is 0.339 e. The lowest BCUT2D eigenvalue weighted by molar-refractivity contribution is -0.132. The summed E-state index contributed by atoms with van der Waals surface area (Å²) in [6, 6.07) is 0. The van der Waals surface area contributed by atoms with Crippen molar-refractivity contribution in [3.05, 3.63) is 33.7 Å². The van der Waals surface area contributed by atoms with Gasteiger partial charge < -0.3 is 21.6 Å². The van der Waals surface area contributed by atoms with E-state index >= 15 is 0 Å². The number of hydrogen-bond acceptors (Lipinski definition) is 4. The minimum absolute atomic E-state index is 0.0487. The summed E-state index contributed by atoms with van der Waals surface area (Å²) in [6.45, 7) is 10.9. The third kappa shape index (κ3) is 3.60. The summed E-state index contributed by atoms with van der Waals surface area (Å²) >= 11 is 0. The Bertz CT molecular complexity index is 879. The molecule has 1 aromatic rings. The summed E-state index contributed by atoms with van der Waals surface area (Å²) in [5.41, 5.74) is 16.5. The normalized spacial score (nSPS) is 29.5. The van der Waals surface area contributed by atoms with Gasteiger partial charge in [0.2, 0.25) is 0 Å². The van der Waals surface area contributed by atoms with Gasteiger partial charge in [0, 0.05) is 5.69 Å². The molecule has 6 nitrogen and oxygen atoms in total. The van der Waals surface area contributed by atoms with Crippen LogP contribution in [0, 0.1) is 30.6 Å². The first kappa shape index (κ1) is 20.2. The third-order valence-corrected chi connectivity index (χ3v) is 6.65. The number of amidine groups is 1. The number of aliphatic carboxylic acids is 1. The number of allylic oxidation sites excluding steroid dienone is 1. The average Bonchev–Trinajstić information content (AvgIpc) is 3.00. The second kappa shape index (κ2) is 7.49. The van der Waals surface area contributed by atoms with E-state index in [-0.39, 0.29) is 11.4 Å².